The van der Waals surface area contributed by atoms with Crippen molar-refractivity contribution in [3.05, 3.63) is 29.8 Å². The first kappa shape index (κ1) is 19.3. The number of anilines is 1. The van der Waals surface area contributed by atoms with Crippen molar-refractivity contribution in [1.29, 1.82) is 0 Å². The summed E-state index contributed by atoms with van der Waals surface area (Å²) in [6, 6.07) is 5.58. The number of nitrogens with one attached hydrogen (secondary N) is 1. The molecule has 1 aliphatic heterocycles. The summed E-state index contributed by atoms with van der Waals surface area (Å²) in [6.45, 7) is 0.0350. The second-order valence-corrected chi connectivity index (χ2v) is 6.96. The lowest BCUT2D eigenvalue weighted by Crippen LogP contribution is -2.32. The van der Waals surface area contributed by atoms with Crippen LogP contribution >= 0.6 is 7.52 Å². The number of amides is 2. The molecule has 0 spiro atoms. The largest absolute Gasteiger partial charge is 0.367 e. The average Bonchev–Trinajstić information content (AvgIpc) is 2.94. The maximum atomic E-state index is 12.3. The fourth-order valence-corrected chi connectivity index (χ4v) is 3.02. The van der Waals surface area contributed by atoms with Crippen molar-refractivity contribution in [2.45, 2.75) is 19.3 Å². The van der Waals surface area contributed by atoms with Crippen LogP contribution in [0.5, 0.6) is 0 Å². The van der Waals surface area contributed by atoms with Crippen molar-refractivity contribution in [1.82, 2.24) is 5.06 Å². The third kappa shape index (κ3) is 4.73. The first-order valence-electron chi connectivity index (χ1n) is 7.51. The number of hydrogen-bond acceptors (Lipinski definition) is 6. The van der Waals surface area contributed by atoms with Crippen LogP contribution in [-0.4, -0.2) is 29.5 Å². The molecule has 26 heavy (non-hydrogen) atoms. The smallest absolute Gasteiger partial charge is 0.325 e. The van der Waals surface area contributed by atoms with Gasteiger partial charge in [0.1, 0.15) is 0 Å². The Morgan fingerprint density at radius 3 is 2.35 bits per heavy atom. The summed E-state index contributed by atoms with van der Waals surface area (Å²) in [7, 11) is -3.56. The molecule has 0 radical (unpaired) electrons. The quantitative estimate of drug-likeness (QED) is 0.338. The highest BCUT2D eigenvalue weighted by atomic mass is 31.2. The van der Waals surface area contributed by atoms with Gasteiger partial charge in [-0.2, -0.15) is 0 Å². The summed E-state index contributed by atoms with van der Waals surface area (Å²) in [5, 5.41) is 3.03. The van der Waals surface area contributed by atoms with Crippen LogP contribution in [-0.2, 0) is 23.5 Å². The number of hydrogen-bond donors (Lipinski definition) is 1. The van der Waals surface area contributed by atoms with Gasteiger partial charge in [0.25, 0.3) is 11.8 Å². The summed E-state index contributed by atoms with van der Waals surface area (Å²) in [4.78, 5) is 39.7. The normalized spacial score (nSPS) is 15.7. The summed E-state index contributed by atoms with van der Waals surface area (Å²) in [6.07, 6.45) is 10.6. The van der Waals surface area contributed by atoms with E-state index in [1.54, 1.807) is 0 Å². The summed E-state index contributed by atoms with van der Waals surface area (Å²) in [5.74, 6) is 0.331. The maximum absolute atomic E-state index is 12.3. The number of benzene rings is 1. The molecule has 134 valence electrons. The van der Waals surface area contributed by atoms with Crippen molar-refractivity contribution < 1.29 is 28.3 Å². The van der Waals surface area contributed by atoms with Gasteiger partial charge < -0.3 is 14.4 Å². The fourth-order valence-electron chi connectivity index (χ4n) is 1.98. The molecule has 1 unspecified atom stereocenters. The Morgan fingerprint density at radius 1 is 1.19 bits per heavy atom. The first-order chi connectivity index (χ1) is 12.4. The number of nitrogens with zero attached hydrogens (tertiary/aromatic N) is 1. The Kier molecular flexibility index (Phi) is 6.19. The minimum absolute atomic E-state index is 0.00994. The van der Waals surface area contributed by atoms with Gasteiger partial charge in [-0.05, 0) is 24.3 Å². The van der Waals surface area contributed by atoms with Gasteiger partial charge in [-0.15, -0.1) is 23.8 Å². The Balaban J connectivity index is 2.01. The Labute approximate surface area is 150 Å². The van der Waals surface area contributed by atoms with Crippen LogP contribution in [0.15, 0.2) is 24.3 Å². The van der Waals surface area contributed by atoms with Crippen molar-refractivity contribution >= 4 is 31.0 Å². The highest BCUT2D eigenvalue weighted by molar-refractivity contribution is 7.65. The Hall–Kier alpha value is -3.06. The Bertz CT molecular complexity index is 833. The molecule has 8 nitrogen and oxygen atoms in total. The van der Waals surface area contributed by atoms with Gasteiger partial charge in [0.05, 0.1) is 12.2 Å². The van der Waals surface area contributed by atoms with E-state index in [4.69, 9.17) is 22.2 Å². The van der Waals surface area contributed by atoms with E-state index in [1.165, 1.54) is 24.3 Å². The zero-order valence-corrected chi connectivity index (χ0v) is 14.5. The van der Waals surface area contributed by atoms with Gasteiger partial charge >= 0.3 is 13.5 Å². The fraction of sp³-hybridized carbons (Fsp3) is 0.235. The van der Waals surface area contributed by atoms with Gasteiger partial charge in [0.15, 0.2) is 0 Å². The zero-order valence-electron chi connectivity index (χ0n) is 13.6. The van der Waals surface area contributed by atoms with E-state index < -0.39 is 25.3 Å². The molecule has 1 heterocycles. The molecule has 1 aliphatic rings. The molecule has 1 atom stereocenters. The molecule has 0 aliphatic carbocycles. The third-order valence-electron chi connectivity index (χ3n) is 3.27. The van der Waals surface area contributed by atoms with E-state index in [2.05, 4.69) is 16.7 Å². The molecule has 1 N–H and O–H groups in total. The van der Waals surface area contributed by atoms with Crippen molar-refractivity contribution in [3.8, 4) is 24.4 Å². The second kappa shape index (κ2) is 8.35. The van der Waals surface area contributed by atoms with Gasteiger partial charge in [0, 0.05) is 30.6 Å². The number of carbonyl (C=O) groups is 3. The summed E-state index contributed by atoms with van der Waals surface area (Å²) < 4.78 is 17.4. The number of carbonyl (C=O) groups excluding carboxylic acids is 3. The molecule has 1 fully saturated rings. The number of terminal acetylenes is 2. The molecule has 9 heteroatoms. The molecule has 2 amide bonds. The van der Waals surface area contributed by atoms with E-state index in [-0.39, 0.29) is 31.4 Å². The van der Waals surface area contributed by atoms with Crippen molar-refractivity contribution in [2.75, 3.05) is 11.7 Å². The lowest BCUT2D eigenvalue weighted by atomic mass is 10.2. The summed E-state index contributed by atoms with van der Waals surface area (Å²) >= 11 is 0. The molecular formula is C17H15N2O6P. The van der Waals surface area contributed by atoms with Crippen LogP contribution in [0.2, 0.25) is 0 Å². The van der Waals surface area contributed by atoms with E-state index in [9.17, 15) is 18.9 Å². The van der Waals surface area contributed by atoms with Crippen molar-refractivity contribution in [3.63, 3.8) is 0 Å². The van der Waals surface area contributed by atoms with Crippen LogP contribution in [0.1, 0.15) is 29.6 Å². The molecule has 1 aromatic carbocycles. The predicted octanol–water partition coefficient (Wildman–Crippen LogP) is 2.14. The molecule has 0 aromatic heterocycles. The zero-order chi connectivity index (χ0) is 19.2. The lowest BCUT2D eigenvalue weighted by molar-refractivity contribution is -0.172. The standard InChI is InChI=1S/C17H15N2O6P/c1-3-5-12-24-26(23,4-2)18-14-8-6-13(7-9-14)17(22)25-19-15(20)10-11-16(19)21/h1-2,6-9H,5,10-12H2,(H,18,23). The minimum Gasteiger partial charge on any atom is -0.325 e. The van der Waals surface area contributed by atoms with E-state index >= 15 is 0 Å². The van der Waals surface area contributed by atoms with Gasteiger partial charge in [0.2, 0.25) is 0 Å². The Morgan fingerprint density at radius 2 is 1.81 bits per heavy atom. The topological polar surface area (TPSA) is 102 Å². The first-order valence-corrected chi connectivity index (χ1v) is 9.13. The molecule has 1 saturated heterocycles. The highest BCUT2D eigenvalue weighted by Crippen LogP contribution is 2.45. The number of imide groups is 1. The SMILES string of the molecule is C#CCCOP(=O)(C#C)Nc1ccc(C(=O)ON2C(=O)CCC2=O)cc1. The third-order valence-corrected chi connectivity index (χ3v) is 4.70. The number of hydroxylamine groups is 2. The average molecular weight is 374 g/mol. The van der Waals surface area contributed by atoms with E-state index in [0.717, 1.165) is 0 Å². The van der Waals surface area contributed by atoms with Gasteiger partial charge in [-0.3, -0.25) is 14.2 Å². The minimum atomic E-state index is -3.56. The molecular weight excluding hydrogens is 359 g/mol. The molecule has 1 aromatic rings. The van der Waals surface area contributed by atoms with Crippen LogP contribution < -0.4 is 5.09 Å². The maximum Gasteiger partial charge on any atom is 0.367 e. The van der Waals surface area contributed by atoms with Crippen LogP contribution in [0.3, 0.4) is 0 Å². The van der Waals surface area contributed by atoms with Crippen LogP contribution in [0.4, 0.5) is 5.69 Å². The second-order valence-electron chi connectivity index (χ2n) is 5.12. The molecule has 0 bridgehead atoms. The van der Waals surface area contributed by atoms with E-state index in [0.29, 0.717) is 10.8 Å². The van der Waals surface area contributed by atoms with Crippen LogP contribution in [0.25, 0.3) is 0 Å². The van der Waals surface area contributed by atoms with Crippen LogP contribution in [0, 0.1) is 24.4 Å². The predicted molar refractivity (Wildman–Crippen MR) is 92.4 cm³/mol. The molecule has 0 saturated carbocycles. The summed E-state index contributed by atoms with van der Waals surface area (Å²) in [5.41, 5.74) is 2.50. The van der Waals surface area contributed by atoms with Gasteiger partial charge in [-0.25, -0.2) is 4.79 Å². The highest BCUT2D eigenvalue weighted by Gasteiger charge is 2.33. The number of rotatable bonds is 7. The monoisotopic (exact) mass is 374 g/mol. The molecule has 2 rings (SSSR count). The van der Waals surface area contributed by atoms with Gasteiger partial charge in [-0.1, -0.05) is 0 Å². The van der Waals surface area contributed by atoms with E-state index in [1.807, 2.05) is 0 Å². The lowest BCUT2D eigenvalue weighted by Gasteiger charge is -2.15. The van der Waals surface area contributed by atoms with Crippen molar-refractivity contribution in [2.24, 2.45) is 0 Å².